The summed E-state index contributed by atoms with van der Waals surface area (Å²) in [7, 11) is 2.09. The molecule has 0 spiro atoms. The van der Waals surface area contributed by atoms with Gasteiger partial charge in [-0.1, -0.05) is 34.1 Å². The van der Waals surface area contributed by atoms with Crippen molar-refractivity contribution in [3.05, 3.63) is 64.3 Å². The van der Waals surface area contributed by atoms with Crippen LogP contribution in [0, 0.1) is 6.92 Å². The van der Waals surface area contributed by atoms with Gasteiger partial charge in [0.2, 0.25) is 0 Å². The summed E-state index contributed by atoms with van der Waals surface area (Å²) in [4.78, 5) is 0. The Morgan fingerprint density at radius 1 is 1.15 bits per heavy atom. The number of aryl methyl sites for hydroxylation is 2. The highest BCUT2D eigenvalue weighted by Crippen LogP contribution is 2.24. The van der Waals surface area contributed by atoms with Gasteiger partial charge in [0.05, 0.1) is 0 Å². The summed E-state index contributed by atoms with van der Waals surface area (Å²) in [5.41, 5.74) is 5.03. The van der Waals surface area contributed by atoms with Gasteiger partial charge < -0.3 is 9.88 Å². The van der Waals surface area contributed by atoms with E-state index in [1.165, 1.54) is 27.7 Å². The van der Waals surface area contributed by atoms with Crippen molar-refractivity contribution in [2.45, 2.75) is 13.5 Å². The van der Waals surface area contributed by atoms with Crippen LogP contribution in [0.25, 0.3) is 10.9 Å². The van der Waals surface area contributed by atoms with Gasteiger partial charge in [-0.2, -0.15) is 0 Å². The zero-order valence-corrected chi connectivity index (χ0v) is 13.2. The lowest BCUT2D eigenvalue weighted by Crippen LogP contribution is -2.00. The van der Waals surface area contributed by atoms with E-state index in [0.717, 1.165) is 11.0 Å². The third-order valence-electron chi connectivity index (χ3n) is 3.64. The second-order valence-corrected chi connectivity index (χ2v) is 6.01. The van der Waals surface area contributed by atoms with Crippen molar-refractivity contribution in [1.82, 2.24) is 4.57 Å². The maximum absolute atomic E-state index is 3.53. The van der Waals surface area contributed by atoms with E-state index in [4.69, 9.17) is 0 Å². The van der Waals surface area contributed by atoms with Gasteiger partial charge in [-0.05, 0) is 42.3 Å². The van der Waals surface area contributed by atoms with Gasteiger partial charge in [0.15, 0.2) is 0 Å². The van der Waals surface area contributed by atoms with Gasteiger partial charge in [-0.25, -0.2) is 0 Å². The number of halogens is 1. The smallest absolute Gasteiger partial charge is 0.0481 e. The average molecular weight is 329 g/mol. The fourth-order valence-electron chi connectivity index (χ4n) is 2.58. The van der Waals surface area contributed by atoms with Crippen molar-refractivity contribution in [1.29, 1.82) is 0 Å². The van der Waals surface area contributed by atoms with Crippen LogP contribution in [-0.2, 0) is 13.6 Å². The molecule has 0 amide bonds. The zero-order chi connectivity index (χ0) is 14.1. The van der Waals surface area contributed by atoms with Crippen molar-refractivity contribution in [2.24, 2.45) is 7.05 Å². The first-order valence-electron chi connectivity index (χ1n) is 6.68. The summed E-state index contributed by atoms with van der Waals surface area (Å²) in [6, 6.07) is 14.8. The largest absolute Gasteiger partial charge is 0.381 e. The lowest BCUT2D eigenvalue weighted by atomic mass is 10.1. The Hall–Kier alpha value is -1.74. The number of hydrogen-bond acceptors (Lipinski definition) is 1. The molecule has 0 aliphatic heterocycles. The van der Waals surface area contributed by atoms with Crippen LogP contribution in [0.4, 0.5) is 5.69 Å². The Kier molecular flexibility index (Phi) is 3.53. The van der Waals surface area contributed by atoms with Crippen molar-refractivity contribution in [3.63, 3.8) is 0 Å². The van der Waals surface area contributed by atoms with Gasteiger partial charge in [0, 0.05) is 40.9 Å². The molecule has 1 aromatic heterocycles. The minimum absolute atomic E-state index is 0.837. The Balaban J connectivity index is 1.87. The van der Waals surface area contributed by atoms with Crippen LogP contribution in [0.2, 0.25) is 0 Å². The molecule has 0 aliphatic rings. The number of nitrogens with zero attached hydrogens (tertiary/aromatic N) is 1. The molecule has 0 radical (unpaired) electrons. The Morgan fingerprint density at radius 3 is 2.75 bits per heavy atom. The monoisotopic (exact) mass is 328 g/mol. The third-order valence-corrected chi connectivity index (χ3v) is 4.13. The highest BCUT2D eigenvalue weighted by molar-refractivity contribution is 9.10. The van der Waals surface area contributed by atoms with E-state index in [2.05, 4.69) is 88.4 Å². The summed E-state index contributed by atoms with van der Waals surface area (Å²) in [6.45, 7) is 2.96. The molecule has 1 N–H and O–H groups in total. The third kappa shape index (κ3) is 2.46. The number of aromatic nitrogens is 1. The summed E-state index contributed by atoms with van der Waals surface area (Å²) in [6.07, 6.45) is 2.20. The van der Waals surface area contributed by atoms with Gasteiger partial charge in [-0.15, -0.1) is 0 Å². The molecule has 0 saturated carbocycles. The summed E-state index contributed by atoms with van der Waals surface area (Å²) < 4.78 is 3.30. The average Bonchev–Trinajstić information content (AvgIpc) is 2.75. The van der Waals surface area contributed by atoms with Crippen LogP contribution in [0.15, 0.2) is 53.1 Å². The maximum Gasteiger partial charge on any atom is 0.0481 e. The molecule has 2 aromatic carbocycles. The highest BCUT2D eigenvalue weighted by atomic mass is 79.9. The van der Waals surface area contributed by atoms with E-state index in [-0.39, 0.29) is 0 Å². The number of rotatable bonds is 3. The molecule has 0 saturated heterocycles. The van der Waals surface area contributed by atoms with E-state index in [1.54, 1.807) is 0 Å². The normalized spacial score (nSPS) is 10.9. The Bertz CT molecular complexity index is 759. The van der Waals surface area contributed by atoms with Crippen molar-refractivity contribution in [3.8, 4) is 0 Å². The van der Waals surface area contributed by atoms with Crippen LogP contribution in [-0.4, -0.2) is 4.57 Å². The van der Waals surface area contributed by atoms with E-state index in [0.29, 0.717) is 0 Å². The molecule has 0 bridgehead atoms. The fraction of sp³-hybridized carbons (Fsp3) is 0.176. The minimum atomic E-state index is 0.837. The number of nitrogens with one attached hydrogen (secondary N) is 1. The Labute approximate surface area is 127 Å². The molecular formula is C17H17BrN2. The molecule has 0 unspecified atom stereocenters. The number of para-hydroxylation sites is 1. The van der Waals surface area contributed by atoms with Crippen LogP contribution >= 0.6 is 15.9 Å². The van der Waals surface area contributed by atoms with Gasteiger partial charge in [-0.3, -0.25) is 0 Å². The number of fused-ring (bicyclic) bond motifs is 1. The fourth-order valence-corrected chi connectivity index (χ4v) is 3.06. The lowest BCUT2D eigenvalue weighted by molar-refractivity contribution is 0.955. The quantitative estimate of drug-likeness (QED) is 0.726. The number of anilines is 1. The topological polar surface area (TPSA) is 17.0 Å². The van der Waals surface area contributed by atoms with E-state index in [1.807, 2.05) is 0 Å². The predicted octanol–water partition coefficient (Wildman–Crippen LogP) is 4.86. The van der Waals surface area contributed by atoms with Crippen LogP contribution in [0.3, 0.4) is 0 Å². The molecule has 0 atom stereocenters. The van der Waals surface area contributed by atoms with Gasteiger partial charge in [0.1, 0.15) is 0 Å². The predicted molar refractivity (Wildman–Crippen MR) is 89.1 cm³/mol. The molecule has 20 heavy (non-hydrogen) atoms. The highest BCUT2D eigenvalue weighted by Gasteiger charge is 2.06. The van der Waals surface area contributed by atoms with E-state index >= 15 is 0 Å². The van der Waals surface area contributed by atoms with Crippen molar-refractivity contribution >= 4 is 32.5 Å². The first kappa shape index (κ1) is 13.3. The second kappa shape index (κ2) is 5.33. The molecule has 3 rings (SSSR count). The van der Waals surface area contributed by atoms with Crippen LogP contribution in [0.5, 0.6) is 0 Å². The van der Waals surface area contributed by atoms with E-state index in [9.17, 15) is 0 Å². The summed E-state index contributed by atoms with van der Waals surface area (Å²) in [5, 5.41) is 4.84. The second-order valence-electron chi connectivity index (χ2n) is 5.10. The van der Waals surface area contributed by atoms with Crippen molar-refractivity contribution in [2.75, 3.05) is 5.32 Å². The van der Waals surface area contributed by atoms with Crippen molar-refractivity contribution < 1.29 is 0 Å². The standard InChI is InChI=1S/C17H17BrN2/c1-12-9-14(18)7-8-16(12)19-10-13-11-20(2)17-6-4-3-5-15(13)17/h3-9,11,19H,10H2,1-2H3. The van der Waals surface area contributed by atoms with Crippen LogP contribution < -0.4 is 5.32 Å². The molecule has 2 nitrogen and oxygen atoms in total. The zero-order valence-electron chi connectivity index (χ0n) is 11.7. The molecule has 1 heterocycles. The molecule has 102 valence electrons. The molecule has 0 aliphatic carbocycles. The maximum atomic E-state index is 3.53. The number of benzene rings is 2. The first-order valence-corrected chi connectivity index (χ1v) is 7.47. The SMILES string of the molecule is Cc1cc(Br)ccc1NCc1cn(C)c2ccccc12. The molecular weight excluding hydrogens is 312 g/mol. The van der Waals surface area contributed by atoms with Gasteiger partial charge in [0.25, 0.3) is 0 Å². The summed E-state index contributed by atoms with van der Waals surface area (Å²) in [5.74, 6) is 0. The van der Waals surface area contributed by atoms with E-state index < -0.39 is 0 Å². The lowest BCUT2D eigenvalue weighted by Gasteiger charge is -2.09. The van der Waals surface area contributed by atoms with Crippen LogP contribution in [0.1, 0.15) is 11.1 Å². The Morgan fingerprint density at radius 2 is 1.95 bits per heavy atom. The molecule has 0 fully saturated rings. The summed E-state index contributed by atoms with van der Waals surface area (Å²) >= 11 is 3.50. The number of hydrogen-bond donors (Lipinski definition) is 1. The molecule has 3 heteroatoms. The minimum Gasteiger partial charge on any atom is -0.381 e. The first-order chi connectivity index (χ1) is 9.65. The molecule has 3 aromatic rings. The van der Waals surface area contributed by atoms with Gasteiger partial charge >= 0.3 is 0 Å².